The zero-order chi connectivity index (χ0) is 21.6. The van der Waals surface area contributed by atoms with Crippen molar-refractivity contribution >= 4 is 23.2 Å². The predicted molar refractivity (Wildman–Crippen MR) is 107 cm³/mol. The van der Waals surface area contributed by atoms with Crippen molar-refractivity contribution in [3.05, 3.63) is 90.0 Å². The van der Waals surface area contributed by atoms with Gasteiger partial charge in [-0.05, 0) is 60.7 Å². The maximum Gasteiger partial charge on any atom is 0.422 e. The van der Waals surface area contributed by atoms with Crippen molar-refractivity contribution in [1.29, 1.82) is 0 Å². The molecule has 5 nitrogen and oxygen atoms in total. The van der Waals surface area contributed by atoms with Gasteiger partial charge in [-0.2, -0.15) is 13.2 Å². The molecule has 2 N–H and O–H groups in total. The standard InChI is InChI=1S/C22H17F3N2O3/c23-22(24,25)14-30-19-12-10-18(11-13-19)27-21(29)16-6-8-17(9-7-16)26-20(28)15-4-2-1-3-5-15/h1-13H,14H2,(H,26,28)(H,27,29). The predicted octanol–water partition coefficient (Wildman–Crippen LogP) is 5.13. The molecule has 0 saturated heterocycles. The summed E-state index contributed by atoms with van der Waals surface area (Å²) in [4.78, 5) is 24.5. The van der Waals surface area contributed by atoms with Gasteiger partial charge < -0.3 is 15.4 Å². The first-order valence-electron chi connectivity index (χ1n) is 8.87. The van der Waals surface area contributed by atoms with E-state index in [1.165, 1.54) is 24.3 Å². The van der Waals surface area contributed by atoms with Crippen molar-refractivity contribution in [3.8, 4) is 5.75 Å². The van der Waals surface area contributed by atoms with E-state index in [9.17, 15) is 22.8 Å². The van der Waals surface area contributed by atoms with E-state index in [4.69, 9.17) is 0 Å². The number of amides is 2. The number of carbonyl (C=O) groups is 2. The number of anilines is 2. The molecule has 30 heavy (non-hydrogen) atoms. The van der Waals surface area contributed by atoms with Gasteiger partial charge >= 0.3 is 6.18 Å². The lowest BCUT2D eigenvalue weighted by Gasteiger charge is -2.10. The lowest BCUT2D eigenvalue weighted by Crippen LogP contribution is -2.19. The van der Waals surface area contributed by atoms with Crippen molar-refractivity contribution in [1.82, 2.24) is 0 Å². The normalized spacial score (nSPS) is 10.9. The second-order valence-corrected chi connectivity index (χ2v) is 6.28. The first-order valence-corrected chi connectivity index (χ1v) is 8.87. The summed E-state index contributed by atoms with van der Waals surface area (Å²) in [5.41, 5.74) is 1.81. The minimum absolute atomic E-state index is 0.0452. The monoisotopic (exact) mass is 414 g/mol. The van der Waals surface area contributed by atoms with Crippen molar-refractivity contribution in [2.24, 2.45) is 0 Å². The average Bonchev–Trinajstić information content (AvgIpc) is 2.74. The number of hydrogen-bond donors (Lipinski definition) is 2. The number of halogens is 3. The molecule has 0 aliphatic heterocycles. The van der Waals surface area contributed by atoms with E-state index < -0.39 is 18.7 Å². The Balaban J connectivity index is 1.56. The molecule has 0 bridgehead atoms. The van der Waals surface area contributed by atoms with Crippen LogP contribution >= 0.6 is 0 Å². The number of ether oxygens (including phenoxy) is 1. The van der Waals surface area contributed by atoms with Gasteiger partial charge in [0.1, 0.15) is 5.75 Å². The van der Waals surface area contributed by atoms with E-state index in [-0.39, 0.29) is 11.7 Å². The fourth-order valence-electron chi connectivity index (χ4n) is 2.50. The van der Waals surface area contributed by atoms with Crippen LogP contribution in [-0.4, -0.2) is 24.6 Å². The second kappa shape index (κ2) is 9.13. The molecule has 0 saturated carbocycles. The van der Waals surface area contributed by atoms with Gasteiger partial charge in [0.25, 0.3) is 11.8 Å². The van der Waals surface area contributed by atoms with Crippen molar-refractivity contribution in [3.63, 3.8) is 0 Å². The quantitative estimate of drug-likeness (QED) is 0.588. The highest BCUT2D eigenvalue weighted by atomic mass is 19.4. The van der Waals surface area contributed by atoms with E-state index in [0.717, 1.165) is 0 Å². The summed E-state index contributed by atoms with van der Waals surface area (Å²) in [6.07, 6.45) is -4.42. The van der Waals surface area contributed by atoms with Gasteiger partial charge in [-0.15, -0.1) is 0 Å². The third-order valence-electron chi connectivity index (χ3n) is 3.96. The van der Waals surface area contributed by atoms with Crippen LogP contribution in [0.15, 0.2) is 78.9 Å². The molecule has 8 heteroatoms. The Morgan fingerprint density at radius 3 is 1.67 bits per heavy atom. The number of benzene rings is 3. The number of nitrogens with one attached hydrogen (secondary N) is 2. The van der Waals surface area contributed by atoms with Gasteiger partial charge in [-0.25, -0.2) is 0 Å². The molecule has 0 heterocycles. The topological polar surface area (TPSA) is 67.4 Å². The smallest absolute Gasteiger partial charge is 0.422 e. The van der Waals surface area contributed by atoms with E-state index >= 15 is 0 Å². The van der Waals surface area contributed by atoms with Crippen LogP contribution in [0.2, 0.25) is 0 Å². The molecule has 0 fully saturated rings. The van der Waals surface area contributed by atoms with Crippen LogP contribution in [0.5, 0.6) is 5.75 Å². The summed E-state index contributed by atoms with van der Waals surface area (Å²) in [6, 6.07) is 20.6. The maximum atomic E-state index is 12.3. The molecular weight excluding hydrogens is 397 g/mol. The SMILES string of the molecule is O=C(Nc1ccc(C(=O)Nc2ccc(OCC(F)(F)F)cc2)cc1)c1ccccc1. The van der Waals surface area contributed by atoms with E-state index in [1.807, 2.05) is 6.07 Å². The highest BCUT2D eigenvalue weighted by Gasteiger charge is 2.28. The van der Waals surface area contributed by atoms with Gasteiger partial charge in [0.05, 0.1) is 0 Å². The van der Waals surface area contributed by atoms with Gasteiger partial charge in [-0.1, -0.05) is 18.2 Å². The van der Waals surface area contributed by atoms with E-state index in [2.05, 4.69) is 15.4 Å². The van der Waals surface area contributed by atoms with Crippen molar-refractivity contribution in [2.75, 3.05) is 17.2 Å². The van der Waals surface area contributed by atoms with Gasteiger partial charge in [0, 0.05) is 22.5 Å². The molecular formula is C22H17F3N2O3. The van der Waals surface area contributed by atoms with Gasteiger partial charge in [0.2, 0.25) is 0 Å². The summed E-state index contributed by atoms with van der Waals surface area (Å²) in [5, 5.41) is 5.38. The van der Waals surface area contributed by atoms with Crippen molar-refractivity contribution in [2.45, 2.75) is 6.18 Å². The Morgan fingerprint density at radius 1 is 0.700 bits per heavy atom. The zero-order valence-corrected chi connectivity index (χ0v) is 15.6. The molecule has 0 atom stereocenters. The van der Waals surface area contributed by atoms with Crippen LogP contribution in [0.3, 0.4) is 0 Å². The molecule has 0 radical (unpaired) electrons. The van der Waals surface area contributed by atoms with Crippen LogP contribution in [-0.2, 0) is 0 Å². The maximum absolute atomic E-state index is 12.3. The van der Waals surface area contributed by atoms with Crippen molar-refractivity contribution < 1.29 is 27.5 Å². The zero-order valence-electron chi connectivity index (χ0n) is 15.6. The summed E-state index contributed by atoms with van der Waals surface area (Å²) < 4.78 is 41.1. The Bertz CT molecular complexity index is 1000. The Morgan fingerprint density at radius 2 is 1.17 bits per heavy atom. The van der Waals surface area contributed by atoms with E-state index in [1.54, 1.807) is 48.5 Å². The van der Waals surface area contributed by atoms with Crippen LogP contribution < -0.4 is 15.4 Å². The number of carbonyl (C=O) groups excluding carboxylic acids is 2. The van der Waals surface area contributed by atoms with Crippen LogP contribution in [0.4, 0.5) is 24.5 Å². The minimum Gasteiger partial charge on any atom is -0.484 e. The third-order valence-corrected chi connectivity index (χ3v) is 3.96. The number of hydrogen-bond acceptors (Lipinski definition) is 3. The number of rotatable bonds is 6. The molecule has 0 unspecified atom stereocenters. The highest BCUT2D eigenvalue weighted by Crippen LogP contribution is 2.21. The fourth-order valence-corrected chi connectivity index (χ4v) is 2.50. The molecule has 3 rings (SSSR count). The fraction of sp³-hybridized carbons (Fsp3) is 0.0909. The van der Waals surface area contributed by atoms with Crippen LogP contribution in [0.1, 0.15) is 20.7 Å². The summed E-state index contributed by atoms with van der Waals surface area (Å²) in [6.45, 7) is -1.38. The minimum atomic E-state index is -4.42. The molecule has 0 aliphatic rings. The van der Waals surface area contributed by atoms with Crippen LogP contribution in [0, 0.1) is 0 Å². The molecule has 0 aliphatic carbocycles. The van der Waals surface area contributed by atoms with E-state index in [0.29, 0.717) is 22.5 Å². The summed E-state index contributed by atoms with van der Waals surface area (Å²) in [7, 11) is 0. The summed E-state index contributed by atoms with van der Waals surface area (Å²) >= 11 is 0. The average molecular weight is 414 g/mol. The largest absolute Gasteiger partial charge is 0.484 e. The highest BCUT2D eigenvalue weighted by molar-refractivity contribution is 6.06. The Hall–Kier alpha value is -3.81. The molecule has 3 aromatic rings. The van der Waals surface area contributed by atoms with Gasteiger partial charge in [-0.3, -0.25) is 9.59 Å². The Labute approximate surface area is 170 Å². The lowest BCUT2D eigenvalue weighted by molar-refractivity contribution is -0.153. The molecule has 3 aromatic carbocycles. The molecule has 2 amide bonds. The lowest BCUT2D eigenvalue weighted by atomic mass is 10.1. The molecule has 154 valence electrons. The number of alkyl halides is 3. The third kappa shape index (κ3) is 6.10. The first kappa shape index (κ1) is 20.9. The molecule has 0 spiro atoms. The Kier molecular flexibility index (Phi) is 6.36. The van der Waals surface area contributed by atoms with Crippen LogP contribution in [0.25, 0.3) is 0 Å². The summed E-state index contributed by atoms with van der Waals surface area (Å²) in [5.74, 6) is -0.621. The van der Waals surface area contributed by atoms with Gasteiger partial charge in [0.15, 0.2) is 6.61 Å². The second-order valence-electron chi connectivity index (χ2n) is 6.28. The molecule has 0 aromatic heterocycles. The first-order chi connectivity index (χ1) is 14.3.